The standard InChI is InChI=1S/C15H21N3O2/c1-11(2)10-18(8-4-7-16)15(19)13-6-5-12(17)9-14(13)20-3/h5-6,9,11H,4,8,10,17H2,1-3H3. The summed E-state index contributed by atoms with van der Waals surface area (Å²) in [5.74, 6) is 0.656. The second kappa shape index (κ2) is 7.39. The molecule has 1 amide bonds. The summed E-state index contributed by atoms with van der Waals surface area (Å²) < 4.78 is 5.21. The van der Waals surface area contributed by atoms with E-state index in [9.17, 15) is 4.79 Å². The van der Waals surface area contributed by atoms with E-state index in [0.717, 1.165) is 0 Å². The molecule has 0 bridgehead atoms. The van der Waals surface area contributed by atoms with E-state index in [2.05, 4.69) is 6.07 Å². The van der Waals surface area contributed by atoms with E-state index in [4.69, 9.17) is 15.7 Å². The first-order valence-corrected chi connectivity index (χ1v) is 6.59. The summed E-state index contributed by atoms with van der Waals surface area (Å²) in [5.41, 5.74) is 6.71. The molecule has 0 atom stereocenters. The molecule has 0 spiro atoms. The van der Waals surface area contributed by atoms with E-state index in [1.165, 1.54) is 7.11 Å². The summed E-state index contributed by atoms with van der Waals surface area (Å²) in [6.45, 7) is 5.09. The van der Waals surface area contributed by atoms with Crippen LogP contribution < -0.4 is 10.5 Å². The van der Waals surface area contributed by atoms with Crippen molar-refractivity contribution in [3.05, 3.63) is 23.8 Å². The van der Waals surface area contributed by atoms with Gasteiger partial charge in [-0.15, -0.1) is 0 Å². The summed E-state index contributed by atoms with van der Waals surface area (Å²) in [4.78, 5) is 14.3. The highest BCUT2D eigenvalue weighted by Crippen LogP contribution is 2.23. The number of nitriles is 1. The lowest BCUT2D eigenvalue weighted by atomic mass is 10.1. The molecule has 1 rings (SSSR count). The fourth-order valence-corrected chi connectivity index (χ4v) is 1.96. The van der Waals surface area contributed by atoms with E-state index in [-0.39, 0.29) is 5.91 Å². The molecule has 2 N–H and O–H groups in total. The van der Waals surface area contributed by atoms with Crippen molar-refractivity contribution >= 4 is 11.6 Å². The van der Waals surface area contributed by atoms with Crippen molar-refractivity contribution in [3.63, 3.8) is 0 Å². The molecule has 1 aromatic rings. The number of carbonyl (C=O) groups is 1. The molecule has 1 aromatic carbocycles. The number of rotatable bonds is 6. The van der Waals surface area contributed by atoms with Crippen LogP contribution in [0.2, 0.25) is 0 Å². The molecule has 0 saturated carbocycles. The van der Waals surface area contributed by atoms with Crippen LogP contribution >= 0.6 is 0 Å². The Morgan fingerprint density at radius 2 is 2.20 bits per heavy atom. The number of methoxy groups -OCH3 is 1. The number of carbonyl (C=O) groups excluding carboxylic acids is 1. The van der Waals surface area contributed by atoms with Crippen LogP contribution in [-0.2, 0) is 0 Å². The fraction of sp³-hybridized carbons (Fsp3) is 0.467. The van der Waals surface area contributed by atoms with Crippen LogP contribution in [0.1, 0.15) is 30.6 Å². The Morgan fingerprint density at radius 1 is 1.50 bits per heavy atom. The number of ether oxygens (including phenoxy) is 1. The van der Waals surface area contributed by atoms with Crippen LogP contribution in [0.15, 0.2) is 18.2 Å². The van der Waals surface area contributed by atoms with E-state index >= 15 is 0 Å². The van der Waals surface area contributed by atoms with Gasteiger partial charge in [0.2, 0.25) is 0 Å². The van der Waals surface area contributed by atoms with Crippen LogP contribution in [0.25, 0.3) is 0 Å². The third-order valence-corrected chi connectivity index (χ3v) is 2.82. The smallest absolute Gasteiger partial charge is 0.257 e. The van der Waals surface area contributed by atoms with Crippen molar-refractivity contribution < 1.29 is 9.53 Å². The molecule has 0 aliphatic heterocycles. The topological polar surface area (TPSA) is 79.3 Å². The highest BCUT2D eigenvalue weighted by molar-refractivity contribution is 5.97. The van der Waals surface area contributed by atoms with Crippen LogP contribution in [0.3, 0.4) is 0 Å². The zero-order valence-corrected chi connectivity index (χ0v) is 12.2. The number of nitrogens with zero attached hydrogens (tertiary/aromatic N) is 2. The van der Waals surface area contributed by atoms with Gasteiger partial charge in [-0.2, -0.15) is 5.26 Å². The van der Waals surface area contributed by atoms with Crippen molar-refractivity contribution in [2.75, 3.05) is 25.9 Å². The Kier molecular flexibility index (Phi) is 5.85. The number of hydrogen-bond donors (Lipinski definition) is 1. The van der Waals surface area contributed by atoms with Crippen molar-refractivity contribution in [3.8, 4) is 11.8 Å². The minimum Gasteiger partial charge on any atom is -0.496 e. The molecule has 0 aliphatic carbocycles. The van der Waals surface area contributed by atoms with Crippen molar-refractivity contribution in [1.29, 1.82) is 5.26 Å². The lowest BCUT2D eigenvalue weighted by molar-refractivity contribution is 0.0736. The van der Waals surface area contributed by atoms with Gasteiger partial charge >= 0.3 is 0 Å². The molecule has 0 aliphatic rings. The maximum atomic E-state index is 12.6. The van der Waals surface area contributed by atoms with Gasteiger partial charge in [-0.25, -0.2) is 0 Å². The number of benzene rings is 1. The largest absolute Gasteiger partial charge is 0.496 e. The molecule has 0 aromatic heterocycles. The lowest BCUT2D eigenvalue weighted by Gasteiger charge is -2.24. The number of nitrogens with two attached hydrogens (primary N) is 1. The summed E-state index contributed by atoms with van der Waals surface area (Å²) in [7, 11) is 1.51. The first-order valence-electron chi connectivity index (χ1n) is 6.59. The molecule has 0 unspecified atom stereocenters. The second-order valence-electron chi connectivity index (χ2n) is 5.01. The highest BCUT2D eigenvalue weighted by atomic mass is 16.5. The quantitative estimate of drug-likeness (QED) is 0.808. The molecule has 108 valence electrons. The Balaban J connectivity index is 3.02. The van der Waals surface area contributed by atoms with Gasteiger partial charge in [0.1, 0.15) is 5.75 Å². The average molecular weight is 275 g/mol. The normalized spacial score (nSPS) is 10.2. The Hall–Kier alpha value is -2.22. The number of amides is 1. The van der Waals surface area contributed by atoms with Crippen LogP contribution in [0.4, 0.5) is 5.69 Å². The van der Waals surface area contributed by atoms with E-state index in [1.54, 1.807) is 23.1 Å². The van der Waals surface area contributed by atoms with Gasteiger partial charge in [-0.05, 0) is 18.1 Å². The van der Waals surface area contributed by atoms with Crippen LogP contribution in [0, 0.1) is 17.2 Å². The van der Waals surface area contributed by atoms with Gasteiger partial charge in [0.25, 0.3) is 5.91 Å². The maximum Gasteiger partial charge on any atom is 0.257 e. The van der Waals surface area contributed by atoms with Gasteiger partial charge < -0.3 is 15.4 Å². The van der Waals surface area contributed by atoms with Gasteiger partial charge in [0.05, 0.1) is 25.2 Å². The summed E-state index contributed by atoms with van der Waals surface area (Å²) in [5, 5.41) is 8.71. The lowest BCUT2D eigenvalue weighted by Crippen LogP contribution is -2.35. The molecule has 0 heterocycles. The Bertz CT molecular complexity index is 506. The molecular formula is C15H21N3O2. The van der Waals surface area contributed by atoms with Crippen LogP contribution in [0.5, 0.6) is 5.75 Å². The molecule has 0 saturated heterocycles. The zero-order chi connectivity index (χ0) is 15.1. The molecular weight excluding hydrogens is 254 g/mol. The van der Waals surface area contributed by atoms with Gasteiger partial charge in [-0.1, -0.05) is 13.8 Å². The first kappa shape index (κ1) is 15.8. The number of anilines is 1. The Labute approximate surface area is 119 Å². The summed E-state index contributed by atoms with van der Waals surface area (Å²) >= 11 is 0. The summed E-state index contributed by atoms with van der Waals surface area (Å²) in [6.07, 6.45) is 0.315. The van der Waals surface area contributed by atoms with Gasteiger partial charge in [0.15, 0.2) is 0 Å². The Morgan fingerprint density at radius 3 is 2.75 bits per heavy atom. The maximum absolute atomic E-state index is 12.6. The highest BCUT2D eigenvalue weighted by Gasteiger charge is 2.20. The molecule has 5 nitrogen and oxygen atoms in total. The average Bonchev–Trinajstić information content (AvgIpc) is 2.42. The van der Waals surface area contributed by atoms with Gasteiger partial charge in [-0.3, -0.25) is 4.79 Å². The second-order valence-corrected chi connectivity index (χ2v) is 5.01. The predicted molar refractivity (Wildman–Crippen MR) is 78.4 cm³/mol. The summed E-state index contributed by atoms with van der Waals surface area (Å²) in [6, 6.07) is 7.04. The fourth-order valence-electron chi connectivity index (χ4n) is 1.96. The third kappa shape index (κ3) is 4.16. The predicted octanol–water partition coefficient (Wildman–Crippen LogP) is 2.29. The molecule has 0 radical (unpaired) electrons. The van der Waals surface area contributed by atoms with E-state index in [1.807, 2.05) is 13.8 Å². The molecule has 5 heteroatoms. The van der Waals surface area contributed by atoms with Crippen molar-refractivity contribution in [1.82, 2.24) is 4.90 Å². The van der Waals surface area contributed by atoms with Crippen molar-refractivity contribution in [2.24, 2.45) is 5.92 Å². The van der Waals surface area contributed by atoms with E-state index < -0.39 is 0 Å². The first-order chi connectivity index (χ1) is 9.49. The minimum atomic E-state index is -0.134. The monoisotopic (exact) mass is 275 g/mol. The van der Waals surface area contributed by atoms with Crippen molar-refractivity contribution in [2.45, 2.75) is 20.3 Å². The van der Waals surface area contributed by atoms with Gasteiger partial charge in [0, 0.05) is 24.8 Å². The number of hydrogen-bond acceptors (Lipinski definition) is 4. The van der Waals surface area contributed by atoms with E-state index in [0.29, 0.717) is 42.4 Å². The minimum absolute atomic E-state index is 0.134. The SMILES string of the molecule is COc1cc(N)ccc1C(=O)N(CCC#N)CC(C)C. The number of nitrogen functional groups attached to an aromatic ring is 1. The third-order valence-electron chi connectivity index (χ3n) is 2.82. The zero-order valence-electron chi connectivity index (χ0n) is 12.2. The molecule has 20 heavy (non-hydrogen) atoms. The molecule has 0 fully saturated rings. The van der Waals surface area contributed by atoms with Crippen LogP contribution in [-0.4, -0.2) is 31.0 Å².